The maximum Gasteiger partial charge on any atom is 0.254 e. The first-order chi connectivity index (χ1) is 12.3. The van der Waals surface area contributed by atoms with E-state index in [-0.39, 0.29) is 11.7 Å². The monoisotopic (exact) mass is 355 g/mol. The summed E-state index contributed by atoms with van der Waals surface area (Å²) < 4.78 is 13.0. The van der Waals surface area contributed by atoms with Crippen molar-refractivity contribution in [2.24, 2.45) is 4.99 Å². The van der Waals surface area contributed by atoms with Gasteiger partial charge in [-0.05, 0) is 61.7 Å². The van der Waals surface area contributed by atoms with Gasteiger partial charge in [-0.1, -0.05) is 12.1 Å². The van der Waals surface area contributed by atoms with E-state index in [0.29, 0.717) is 12.1 Å². The minimum atomic E-state index is -0.279. The van der Waals surface area contributed by atoms with Crippen molar-refractivity contribution in [1.29, 1.82) is 0 Å². The quantitative estimate of drug-likeness (QED) is 0.571. The van der Waals surface area contributed by atoms with Gasteiger partial charge in [0.2, 0.25) is 0 Å². The molecule has 0 aliphatic heterocycles. The number of halogens is 1. The van der Waals surface area contributed by atoms with Gasteiger partial charge in [0, 0.05) is 32.7 Å². The lowest BCUT2D eigenvalue weighted by molar-refractivity contribution is 0.0784. The minimum absolute atomic E-state index is 0.0591. The van der Waals surface area contributed by atoms with Crippen molar-refractivity contribution in [3.8, 4) is 0 Å². The van der Waals surface area contributed by atoms with E-state index >= 15 is 0 Å². The van der Waals surface area contributed by atoms with Gasteiger partial charge in [-0.3, -0.25) is 4.79 Å². The van der Waals surface area contributed by atoms with Crippen molar-refractivity contribution in [2.45, 2.75) is 27.3 Å². The number of hydrogen-bond acceptors (Lipinski definition) is 2. The Labute approximate surface area is 155 Å². The van der Waals surface area contributed by atoms with Crippen molar-refractivity contribution in [3.05, 3.63) is 64.5 Å². The molecule has 0 heterocycles. The first-order valence-corrected chi connectivity index (χ1v) is 8.67. The summed E-state index contributed by atoms with van der Waals surface area (Å²) in [5.41, 5.74) is 4.25. The van der Waals surface area contributed by atoms with Gasteiger partial charge in [0.15, 0.2) is 0 Å². The maximum atomic E-state index is 13.0. The number of carbonyl (C=O) groups is 1. The Hall–Kier alpha value is -2.69. The maximum absolute atomic E-state index is 13.0. The van der Waals surface area contributed by atoms with Crippen LogP contribution in [0, 0.1) is 19.7 Å². The molecule has 138 valence electrons. The molecule has 1 amide bonds. The number of nitrogens with zero attached hydrogens (tertiary/aromatic N) is 3. The Morgan fingerprint density at radius 2 is 1.77 bits per heavy atom. The SMILES string of the molecule is CCN(C)C=Nc1cc(C)c(C(=O)N(C)Cc2ccc(F)cc2)cc1C. The summed E-state index contributed by atoms with van der Waals surface area (Å²) in [4.78, 5) is 20.9. The molecule has 0 unspecified atom stereocenters. The summed E-state index contributed by atoms with van der Waals surface area (Å²) in [5.74, 6) is -0.338. The summed E-state index contributed by atoms with van der Waals surface area (Å²) in [7, 11) is 3.72. The fourth-order valence-electron chi connectivity index (χ4n) is 2.55. The molecule has 0 aliphatic carbocycles. The van der Waals surface area contributed by atoms with Gasteiger partial charge >= 0.3 is 0 Å². The highest BCUT2D eigenvalue weighted by Gasteiger charge is 2.16. The van der Waals surface area contributed by atoms with Crippen molar-refractivity contribution >= 4 is 17.9 Å². The van der Waals surface area contributed by atoms with Crippen LogP contribution >= 0.6 is 0 Å². The molecular weight excluding hydrogens is 329 g/mol. The fraction of sp³-hybridized carbons (Fsp3) is 0.333. The molecule has 0 aromatic heterocycles. The zero-order valence-electron chi connectivity index (χ0n) is 16.1. The highest BCUT2D eigenvalue weighted by molar-refractivity contribution is 5.96. The van der Waals surface area contributed by atoms with Crippen LogP contribution in [0.15, 0.2) is 41.4 Å². The normalized spacial score (nSPS) is 11.0. The van der Waals surface area contributed by atoms with Crippen molar-refractivity contribution < 1.29 is 9.18 Å². The van der Waals surface area contributed by atoms with Crippen LogP contribution in [0.1, 0.15) is 34.0 Å². The molecule has 5 heteroatoms. The first kappa shape index (κ1) is 19.6. The number of aryl methyl sites for hydroxylation is 2. The van der Waals surface area contributed by atoms with Crippen LogP contribution in [0.4, 0.5) is 10.1 Å². The number of aliphatic imine (C=N–C) groups is 1. The second-order valence-corrected chi connectivity index (χ2v) is 6.56. The third-order valence-corrected chi connectivity index (χ3v) is 4.35. The molecule has 0 saturated carbocycles. The highest BCUT2D eigenvalue weighted by atomic mass is 19.1. The van der Waals surface area contributed by atoms with Crippen molar-refractivity contribution in [3.63, 3.8) is 0 Å². The van der Waals surface area contributed by atoms with Crippen LogP contribution < -0.4 is 0 Å². The Balaban J connectivity index is 2.19. The second kappa shape index (κ2) is 8.61. The van der Waals surface area contributed by atoms with Gasteiger partial charge in [0.25, 0.3) is 5.91 Å². The van der Waals surface area contributed by atoms with Gasteiger partial charge in [-0.2, -0.15) is 0 Å². The van der Waals surface area contributed by atoms with Gasteiger partial charge < -0.3 is 9.80 Å². The number of carbonyl (C=O) groups excluding carboxylic acids is 1. The molecular formula is C21H26FN3O. The average Bonchev–Trinajstić information content (AvgIpc) is 2.62. The van der Waals surface area contributed by atoms with E-state index in [1.807, 2.05) is 37.9 Å². The third kappa shape index (κ3) is 4.91. The third-order valence-electron chi connectivity index (χ3n) is 4.35. The Morgan fingerprint density at radius 1 is 1.12 bits per heavy atom. The Kier molecular flexibility index (Phi) is 6.50. The van der Waals surface area contributed by atoms with Crippen LogP contribution in [-0.4, -0.2) is 42.7 Å². The average molecular weight is 355 g/mol. The predicted molar refractivity (Wildman–Crippen MR) is 105 cm³/mol. The largest absolute Gasteiger partial charge is 0.366 e. The van der Waals surface area contributed by atoms with Crippen LogP contribution in [0.2, 0.25) is 0 Å². The molecule has 0 fully saturated rings. The summed E-state index contributed by atoms with van der Waals surface area (Å²) in [6.07, 6.45) is 1.80. The first-order valence-electron chi connectivity index (χ1n) is 8.67. The van der Waals surface area contributed by atoms with E-state index in [2.05, 4.69) is 11.9 Å². The van der Waals surface area contributed by atoms with Crippen LogP contribution in [0.3, 0.4) is 0 Å². The zero-order valence-corrected chi connectivity index (χ0v) is 16.1. The molecule has 2 aromatic rings. The molecule has 0 aliphatic rings. The van der Waals surface area contributed by atoms with E-state index in [1.54, 1.807) is 30.4 Å². The number of rotatable bonds is 6. The minimum Gasteiger partial charge on any atom is -0.366 e. The highest BCUT2D eigenvalue weighted by Crippen LogP contribution is 2.24. The molecule has 0 atom stereocenters. The molecule has 2 rings (SSSR count). The van der Waals surface area contributed by atoms with Crippen LogP contribution in [-0.2, 0) is 6.54 Å². The number of benzene rings is 2. The molecule has 0 bridgehead atoms. The van der Waals surface area contributed by atoms with Gasteiger partial charge in [-0.25, -0.2) is 9.38 Å². The molecule has 0 N–H and O–H groups in total. The van der Waals surface area contributed by atoms with E-state index in [0.717, 1.165) is 28.9 Å². The molecule has 4 nitrogen and oxygen atoms in total. The van der Waals surface area contributed by atoms with E-state index in [1.165, 1.54) is 12.1 Å². The van der Waals surface area contributed by atoms with E-state index < -0.39 is 0 Å². The zero-order chi connectivity index (χ0) is 19.3. The molecule has 0 radical (unpaired) electrons. The summed E-state index contributed by atoms with van der Waals surface area (Å²) in [5, 5.41) is 0. The topological polar surface area (TPSA) is 35.9 Å². The summed E-state index contributed by atoms with van der Waals surface area (Å²) in [6.45, 7) is 7.24. The Bertz CT molecular complexity index is 800. The molecule has 0 spiro atoms. The molecule has 26 heavy (non-hydrogen) atoms. The summed E-state index contributed by atoms with van der Waals surface area (Å²) >= 11 is 0. The van der Waals surface area contributed by atoms with Gasteiger partial charge in [0.05, 0.1) is 12.0 Å². The van der Waals surface area contributed by atoms with E-state index in [9.17, 15) is 9.18 Å². The Morgan fingerprint density at radius 3 is 2.38 bits per heavy atom. The molecule has 2 aromatic carbocycles. The predicted octanol–water partition coefficient (Wildman–Crippen LogP) is 4.33. The number of hydrogen-bond donors (Lipinski definition) is 0. The van der Waals surface area contributed by atoms with Gasteiger partial charge in [-0.15, -0.1) is 0 Å². The van der Waals surface area contributed by atoms with Gasteiger partial charge in [0.1, 0.15) is 5.82 Å². The second-order valence-electron chi connectivity index (χ2n) is 6.56. The number of amides is 1. The smallest absolute Gasteiger partial charge is 0.254 e. The van der Waals surface area contributed by atoms with Crippen LogP contribution in [0.25, 0.3) is 0 Å². The fourth-order valence-corrected chi connectivity index (χ4v) is 2.55. The van der Waals surface area contributed by atoms with Crippen LogP contribution in [0.5, 0.6) is 0 Å². The lowest BCUT2D eigenvalue weighted by atomic mass is 10.0. The summed E-state index contributed by atoms with van der Waals surface area (Å²) in [6, 6.07) is 10.0. The van der Waals surface area contributed by atoms with Crippen molar-refractivity contribution in [1.82, 2.24) is 9.80 Å². The lowest BCUT2D eigenvalue weighted by Crippen LogP contribution is -2.27. The molecule has 0 saturated heterocycles. The van der Waals surface area contributed by atoms with Crippen molar-refractivity contribution in [2.75, 3.05) is 20.6 Å². The van der Waals surface area contributed by atoms with E-state index in [4.69, 9.17) is 0 Å². The lowest BCUT2D eigenvalue weighted by Gasteiger charge is -2.19. The standard InChI is InChI=1S/C21H26FN3O/c1-6-24(4)14-23-20-12-15(2)19(11-16(20)3)21(26)25(5)13-17-7-9-18(22)10-8-17/h7-12,14H,6,13H2,1-5H3.